The van der Waals surface area contributed by atoms with Crippen molar-refractivity contribution in [2.24, 2.45) is 0 Å². The summed E-state index contributed by atoms with van der Waals surface area (Å²) in [6, 6.07) is 0. The Morgan fingerprint density at radius 1 is 2.00 bits per heavy atom. The molecule has 0 aromatic rings. The normalized spacial score (nSPS) is 14.6. The second-order valence-corrected chi connectivity index (χ2v) is 5.26. The lowest BCUT2D eigenvalue weighted by Gasteiger charge is -1.78. The zero-order chi connectivity index (χ0) is 4.28. The molecule has 0 aliphatic heterocycles. The molecular weight excluding hydrogens is 97.9 g/mol. The standard InChI is InChI=1S/C2H8BPS/c1-2-4(3)5/h4H,2-3H2,1H3. The molecule has 0 nitrogen and oxygen atoms in total. The third kappa shape index (κ3) is 4.71. The predicted octanol–water partition coefficient (Wildman–Crippen LogP) is 0.230. The minimum Gasteiger partial charge on any atom is -0.111 e. The maximum atomic E-state index is 4.88. The van der Waals surface area contributed by atoms with Gasteiger partial charge in [0.2, 0.25) is 0 Å². The number of hydrogen-bond acceptors (Lipinski definition) is 1. The highest BCUT2D eigenvalue weighted by atomic mass is 32.4. The number of hydrogen-bond donors (Lipinski definition) is 0. The summed E-state index contributed by atoms with van der Waals surface area (Å²) in [6.45, 7) is 1.85. The third-order valence-corrected chi connectivity index (χ3v) is 2.36. The molecule has 0 spiro atoms. The predicted molar refractivity (Wildman–Crippen MR) is 34.8 cm³/mol. The van der Waals surface area contributed by atoms with Crippen molar-refractivity contribution < 1.29 is 0 Å². The van der Waals surface area contributed by atoms with Crippen LogP contribution in [0.2, 0.25) is 0 Å². The summed E-state index contributed by atoms with van der Waals surface area (Å²) in [6.07, 6.45) is 1.22. The highest BCUT2D eigenvalue weighted by Crippen LogP contribution is 2.08. The second-order valence-electron chi connectivity index (χ2n) is 1.06. The molecule has 0 heterocycles. The van der Waals surface area contributed by atoms with Gasteiger partial charge in [0.25, 0.3) is 0 Å². The van der Waals surface area contributed by atoms with Crippen molar-refractivity contribution in [2.75, 3.05) is 6.16 Å². The molecule has 0 radical (unpaired) electrons. The van der Waals surface area contributed by atoms with Crippen molar-refractivity contribution in [1.82, 2.24) is 0 Å². The molecule has 0 rings (SSSR count). The van der Waals surface area contributed by atoms with Gasteiger partial charge >= 0.3 is 0 Å². The third-order valence-electron chi connectivity index (χ3n) is 0.498. The van der Waals surface area contributed by atoms with E-state index in [1.165, 1.54) is 6.16 Å². The Labute approximate surface area is 39.7 Å². The maximum absolute atomic E-state index is 4.88. The molecule has 30 valence electrons. The van der Waals surface area contributed by atoms with Crippen molar-refractivity contribution in [3.63, 3.8) is 0 Å². The zero-order valence-corrected chi connectivity index (χ0v) is 5.43. The largest absolute Gasteiger partial charge is 0.144 e. The van der Waals surface area contributed by atoms with E-state index in [4.69, 9.17) is 11.8 Å². The lowest BCUT2D eigenvalue weighted by Crippen LogP contribution is -1.57. The molecule has 0 aliphatic carbocycles. The van der Waals surface area contributed by atoms with Crippen LogP contribution >= 0.6 is 6.58 Å². The molecule has 5 heavy (non-hydrogen) atoms. The molecule has 0 aromatic carbocycles. The Kier molecular flexibility index (Phi) is 3.35. The summed E-state index contributed by atoms with van der Waals surface area (Å²) in [4.78, 5) is 0. The summed E-state index contributed by atoms with van der Waals surface area (Å²) in [5.41, 5.74) is 0. The highest BCUT2D eigenvalue weighted by Gasteiger charge is 1.69. The topological polar surface area (TPSA) is 0 Å². The molecule has 1 unspecified atom stereocenters. The van der Waals surface area contributed by atoms with Crippen molar-refractivity contribution in [1.29, 1.82) is 0 Å². The van der Waals surface area contributed by atoms with E-state index in [9.17, 15) is 0 Å². The van der Waals surface area contributed by atoms with E-state index in [-0.39, 0.29) is 6.58 Å². The highest BCUT2D eigenvalue weighted by molar-refractivity contribution is 8.16. The van der Waals surface area contributed by atoms with Gasteiger partial charge in [0.15, 0.2) is 0 Å². The van der Waals surface area contributed by atoms with Gasteiger partial charge in [0.1, 0.15) is 7.57 Å². The molecule has 3 heteroatoms. The van der Waals surface area contributed by atoms with E-state index in [1.54, 1.807) is 0 Å². The van der Waals surface area contributed by atoms with Crippen LogP contribution in [-0.4, -0.2) is 13.7 Å². The van der Waals surface area contributed by atoms with Gasteiger partial charge in [-0.05, 0) is 6.16 Å². The molecule has 0 aromatic heterocycles. The molecule has 0 bridgehead atoms. The minimum absolute atomic E-state index is 0.291. The van der Waals surface area contributed by atoms with E-state index >= 15 is 0 Å². The first-order valence-corrected chi connectivity index (χ1v) is 5.10. The number of rotatable bonds is 1. The fourth-order valence-electron chi connectivity index (χ4n) is 0. The fraction of sp³-hybridized carbons (Fsp3) is 1.00. The molecular formula is C2H8BPS. The van der Waals surface area contributed by atoms with Gasteiger partial charge in [-0.3, -0.25) is 0 Å². The first-order chi connectivity index (χ1) is 2.27. The quantitative estimate of drug-likeness (QED) is 0.340. The molecule has 0 saturated carbocycles. The van der Waals surface area contributed by atoms with Crippen LogP contribution in [-0.2, 0) is 11.8 Å². The Morgan fingerprint density at radius 3 is 2.20 bits per heavy atom. The average Bonchev–Trinajstić information content (AvgIpc) is 1.38. The Hall–Kier alpha value is 0.715. The Balaban J connectivity index is 2.85. The summed E-state index contributed by atoms with van der Waals surface area (Å²) in [5.74, 6) is 0. The minimum atomic E-state index is -0.291. The molecule has 0 saturated heterocycles. The van der Waals surface area contributed by atoms with E-state index in [2.05, 4.69) is 14.5 Å². The monoisotopic (exact) mass is 106 g/mol. The molecule has 0 fully saturated rings. The summed E-state index contributed by atoms with van der Waals surface area (Å²) >= 11 is 4.88. The molecule has 1 atom stereocenters. The van der Waals surface area contributed by atoms with Crippen LogP contribution in [0.15, 0.2) is 0 Å². The Morgan fingerprint density at radius 2 is 2.20 bits per heavy atom. The molecule has 0 amide bonds. The van der Waals surface area contributed by atoms with Crippen LogP contribution in [0, 0.1) is 0 Å². The van der Waals surface area contributed by atoms with Gasteiger partial charge in [-0.15, -0.1) is 11.8 Å². The van der Waals surface area contributed by atoms with Crippen LogP contribution in [0.4, 0.5) is 0 Å². The fourth-order valence-corrected chi connectivity index (χ4v) is 0. The second kappa shape index (κ2) is 2.93. The van der Waals surface area contributed by atoms with Crippen molar-refractivity contribution in [3.8, 4) is 0 Å². The van der Waals surface area contributed by atoms with E-state index in [0.29, 0.717) is 0 Å². The van der Waals surface area contributed by atoms with E-state index in [1.807, 2.05) is 0 Å². The van der Waals surface area contributed by atoms with Crippen LogP contribution < -0.4 is 0 Å². The van der Waals surface area contributed by atoms with Gasteiger partial charge in [-0.2, -0.15) is 0 Å². The van der Waals surface area contributed by atoms with E-state index in [0.717, 1.165) is 0 Å². The van der Waals surface area contributed by atoms with Crippen molar-refractivity contribution in [3.05, 3.63) is 0 Å². The molecule has 0 aliphatic rings. The lowest BCUT2D eigenvalue weighted by atomic mass is 10.8. The van der Waals surface area contributed by atoms with Gasteiger partial charge in [-0.25, -0.2) is 0 Å². The van der Waals surface area contributed by atoms with E-state index < -0.39 is 0 Å². The van der Waals surface area contributed by atoms with Gasteiger partial charge < -0.3 is 0 Å². The lowest BCUT2D eigenvalue weighted by molar-refractivity contribution is 1.53. The van der Waals surface area contributed by atoms with Crippen molar-refractivity contribution in [2.45, 2.75) is 6.92 Å². The summed E-state index contributed by atoms with van der Waals surface area (Å²) in [5, 5.41) is 0. The van der Waals surface area contributed by atoms with Crippen LogP contribution in [0.1, 0.15) is 6.92 Å². The summed E-state index contributed by atoms with van der Waals surface area (Å²) in [7, 11) is 2.14. The van der Waals surface area contributed by atoms with Gasteiger partial charge in [0.05, 0.1) is 0 Å². The van der Waals surface area contributed by atoms with Crippen LogP contribution in [0.5, 0.6) is 0 Å². The van der Waals surface area contributed by atoms with Crippen molar-refractivity contribution >= 4 is 25.9 Å². The van der Waals surface area contributed by atoms with Crippen LogP contribution in [0.3, 0.4) is 0 Å². The average molecular weight is 106 g/mol. The smallest absolute Gasteiger partial charge is 0.111 e. The van der Waals surface area contributed by atoms with Gasteiger partial charge in [0, 0.05) is 0 Å². The first-order valence-electron chi connectivity index (χ1n) is 1.76. The Bertz CT molecular complexity index is 44.9. The maximum Gasteiger partial charge on any atom is 0.144 e. The first kappa shape index (κ1) is 5.71. The van der Waals surface area contributed by atoms with Gasteiger partial charge in [-0.1, -0.05) is 13.5 Å². The van der Waals surface area contributed by atoms with Crippen LogP contribution in [0.25, 0.3) is 0 Å². The SMILES string of the molecule is B[PH](=S)CC. The zero-order valence-electron chi connectivity index (χ0n) is 3.62. The molecule has 0 N–H and O–H groups in total. The summed E-state index contributed by atoms with van der Waals surface area (Å²) < 4.78 is 0.